The van der Waals surface area contributed by atoms with Gasteiger partial charge in [0.25, 0.3) is 0 Å². The third-order valence-corrected chi connectivity index (χ3v) is 6.15. The van der Waals surface area contributed by atoms with Gasteiger partial charge in [0, 0.05) is 22.0 Å². The number of rotatable bonds is 5. The summed E-state index contributed by atoms with van der Waals surface area (Å²) in [7, 11) is 0. The first-order chi connectivity index (χ1) is 12.6. The van der Waals surface area contributed by atoms with Gasteiger partial charge in [0.15, 0.2) is 0 Å². The van der Waals surface area contributed by atoms with Crippen LogP contribution >= 0.6 is 0 Å². The van der Waals surface area contributed by atoms with Crippen LogP contribution in [0.3, 0.4) is 0 Å². The van der Waals surface area contributed by atoms with Gasteiger partial charge in [0.05, 0.1) is 6.42 Å². The van der Waals surface area contributed by atoms with E-state index in [9.17, 15) is 9.90 Å². The van der Waals surface area contributed by atoms with E-state index in [1.807, 2.05) is 6.07 Å². The monoisotopic (exact) mass is 347 g/mol. The minimum atomic E-state index is -0.710. The van der Waals surface area contributed by atoms with Crippen molar-refractivity contribution in [2.45, 2.75) is 50.4 Å². The molecule has 0 bridgehead atoms. The molecule has 1 aliphatic rings. The van der Waals surface area contributed by atoms with Crippen molar-refractivity contribution in [2.24, 2.45) is 0 Å². The fourth-order valence-corrected chi connectivity index (χ4v) is 4.77. The van der Waals surface area contributed by atoms with Crippen molar-refractivity contribution in [1.82, 2.24) is 4.98 Å². The lowest BCUT2D eigenvalue weighted by molar-refractivity contribution is -0.138. The number of carboxylic acid groups (broad SMARTS) is 1. The van der Waals surface area contributed by atoms with E-state index in [-0.39, 0.29) is 11.8 Å². The third-order valence-electron chi connectivity index (χ3n) is 6.15. The number of aromatic amines is 1. The average Bonchev–Trinajstić information content (AvgIpc) is 3.05. The van der Waals surface area contributed by atoms with Crippen molar-refractivity contribution in [3.63, 3.8) is 0 Å². The van der Waals surface area contributed by atoms with Crippen LogP contribution in [-0.4, -0.2) is 16.1 Å². The van der Waals surface area contributed by atoms with Crippen LogP contribution in [0.1, 0.15) is 55.3 Å². The van der Waals surface area contributed by atoms with Gasteiger partial charge in [-0.2, -0.15) is 0 Å². The van der Waals surface area contributed by atoms with Crippen LogP contribution in [-0.2, 0) is 16.6 Å². The molecule has 1 heterocycles. The number of fused-ring (bicyclic) bond motifs is 3. The van der Waals surface area contributed by atoms with Crippen LogP contribution in [0.2, 0.25) is 0 Å². The number of benzene rings is 2. The highest BCUT2D eigenvalue weighted by molar-refractivity contribution is 5.86. The fraction of sp³-hybridized carbons (Fsp3) is 0.348. The first kappa shape index (κ1) is 16.9. The molecule has 0 radical (unpaired) electrons. The summed E-state index contributed by atoms with van der Waals surface area (Å²) in [6.45, 7) is 2.12. The van der Waals surface area contributed by atoms with Gasteiger partial charge in [0.1, 0.15) is 0 Å². The molecule has 0 unspecified atom stereocenters. The summed E-state index contributed by atoms with van der Waals surface area (Å²) in [6, 6.07) is 19.0. The maximum absolute atomic E-state index is 11.6. The molecule has 0 amide bonds. The average molecular weight is 347 g/mol. The molecule has 3 aromatic rings. The summed E-state index contributed by atoms with van der Waals surface area (Å²) in [5.74, 6) is -0.282. The lowest BCUT2D eigenvalue weighted by Gasteiger charge is -2.39. The van der Waals surface area contributed by atoms with E-state index in [2.05, 4.69) is 60.4 Å². The number of carbonyl (C=O) groups is 1. The Hall–Kier alpha value is -2.55. The highest BCUT2D eigenvalue weighted by Gasteiger charge is 2.42. The molecule has 2 atom stereocenters. The number of para-hydroxylation sites is 1. The number of carboxylic acids is 1. The maximum atomic E-state index is 11.6. The molecule has 0 aliphatic heterocycles. The second-order valence-corrected chi connectivity index (χ2v) is 7.59. The summed E-state index contributed by atoms with van der Waals surface area (Å²) in [6.07, 6.45) is 4.00. The molecule has 4 rings (SSSR count). The van der Waals surface area contributed by atoms with Crippen molar-refractivity contribution in [2.75, 3.05) is 0 Å². The standard InChI is InChI=1S/C23H25NO2/c1-2-23(15-20(25)26)13-12-17(14-16-8-4-3-5-9-16)21-18-10-6-7-11-19(18)24-22(21)23/h3-11,17,24H,2,12-15H2,1H3,(H,25,26)/t17-,23+/m1/s1. The normalized spacial score (nSPS) is 22.3. The van der Waals surface area contributed by atoms with Gasteiger partial charge < -0.3 is 10.1 Å². The van der Waals surface area contributed by atoms with Crippen molar-refractivity contribution < 1.29 is 9.90 Å². The molecule has 0 saturated carbocycles. The molecule has 1 aliphatic carbocycles. The van der Waals surface area contributed by atoms with Crippen LogP contribution in [0.25, 0.3) is 10.9 Å². The van der Waals surface area contributed by atoms with Gasteiger partial charge in [-0.3, -0.25) is 4.79 Å². The van der Waals surface area contributed by atoms with E-state index in [4.69, 9.17) is 0 Å². The minimum Gasteiger partial charge on any atom is -0.481 e. The Bertz CT molecular complexity index is 928. The van der Waals surface area contributed by atoms with Gasteiger partial charge in [-0.25, -0.2) is 0 Å². The van der Waals surface area contributed by atoms with Crippen LogP contribution in [0, 0.1) is 0 Å². The quantitative estimate of drug-likeness (QED) is 0.648. The van der Waals surface area contributed by atoms with E-state index in [0.29, 0.717) is 5.92 Å². The minimum absolute atomic E-state index is 0.196. The molecule has 0 fully saturated rings. The Morgan fingerprint density at radius 2 is 1.88 bits per heavy atom. The first-order valence-corrected chi connectivity index (χ1v) is 9.50. The van der Waals surface area contributed by atoms with Gasteiger partial charge in [0.2, 0.25) is 0 Å². The summed E-state index contributed by atoms with van der Waals surface area (Å²) in [4.78, 5) is 15.2. The first-order valence-electron chi connectivity index (χ1n) is 9.50. The maximum Gasteiger partial charge on any atom is 0.304 e. The van der Waals surface area contributed by atoms with E-state index in [0.717, 1.165) is 36.9 Å². The second kappa shape index (κ2) is 6.64. The third kappa shape index (κ3) is 2.82. The Kier molecular flexibility index (Phi) is 4.31. The molecule has 134 valence electrons. The number of aromatic nitrogens is 1. The zero-order valence-corrected chi connectivity index (χ0v) is 15.2. The predicted molar refractivity (Wildman–Crippen MR) is 105 cm³/mol. The van der Waals surface area contributed by atoms with Gasteiger partial charge in [-0.1, -0.05) is 55.5 Å². The zero-order chi connectivity index (χ0) is 18.1. The number of hydrogen-bond donors (Lipinski definition) is 2. The largest absolute Gasteiger partial charge is 0.481 e. The van der Waals surface area contributed by atoms with Crippen molar-refractivity contribution in [3.05, 3.63) is 71.4 Å². The molecular weight excluding hydrogens is 322 g/mol. The van der Waals surface area contributed by atoms with Crippen molar-refractivity contribution in [1.29, 1.82) is 0 Å². The van der Waals surface area contributed by atoms with Crippen LogP contribution in [0.15, 0.2) is 54.6 Å². The molecule has 26 heavy (non-hydrogen) atoms. The Morgan fingerprint density at radius 3 is 2.62 bits per heavy atom. The predicted octanol–water partition coefficient (Wildman–Crippen LogP) is 5.41. The Morgan fingerprint density at radius 1 is 1.15 bits per heavy atom. The molecule has 2 aromatic carbocycles. The van der Waals surface area contributed by atoms with Crippen molar-refractivity contribution >= 4 is 16.9 Å². The van der Waals surface area contributed by atoms with E-state index in [1.165, 1.54) is 16.5 Å². The van der Waals surface area contributed by atoms with E-state index in [1.54, 1.807) is 0 Å². The zero-order valence-electron chi connectivity index (χ0n) is 15.2. The highest BCUT2D eigenvalue weighted by atomic mass is 16.4. The number of H-pyrrole nitrogens is 1. The second-order valence-electron chi connectivity index (χ2n) is 7.59. The van der Waals surface area contributed by atoms with E-state index < -0.39 is 5.97 Å². The number of aliphatic carboxylic acids is 1. The summed E-state index contributed by atoms with van der Waals surface area (Å²) < 4.78 is 0. The Labute approximate surface area is 154 Å². The van der Waals surface area contributed by atoms with Crippen LogP contribution in [0.5, 0.6) is 0 Å². The molecule has 1 aromatic heterocycles. The molecule has 0 spiro atoms. The molecule has 0 saturated heterocycles. The number of nitrogens with one attached hydrogen (secondary N) is 1. The fourth-order valence-electron chi connectivity index (χ4n) is 4.77. The summed E-state index contributed by atoms with van der Waals surface area (Å²) in [5.41, 5.74) is 4.69. The van der Waals surface area contributed by atoms with Gasteiger partial charge in [-0.15, -0.1) is 0 Å². The topological polar surface area (TPSA) is 53.1 Å². The SMILES string of the molecule is CC[C@@]1(CC(=O)O)CC[C@H](Cc2ccccc2)c2c1[nH]c1ccccc21. The highest BCUT2D eigenvalue weighted by Crippen LogP contribution is 2.50. The van der Waals surface area contributed by atoms with E-state index >= 15 is 0 Å². The van der Waals surface area contributed by atoms with Gasteiger partial charge in [-0.05, 0) is 48.8 Å². The smallest absolute Gasteiger partial charge is 0.304 e. The lowest BCUT2D eigenvalue weighted by atomic mass is 9.65. The van der Waals surface area contributed by atoms with Gasteiger partial charge >= 0.3 is 5.97 Å². The molecule has 3 nitrogen and oxygen atoms in total. The lowest BCUT2D eigenvalue weighted by Crippen LogP contribution is -2.34. The Balaban J connectivity index is 1.85. The molecule has 3 heteroatoms. The summed E-state index contributed by atoms with van der Waals surface area (Å²) >= 11 is 0. The summed E-state index contributed by atoms with van der Waals surface area (Å²) in [5, 5.41) is 10.8. The van der Waals surface area contributed by atoms with Crippen LogP contribution in [0.4, 0.5) is 0 Å². The van der Waals surface area contributed by atoms with Crippen LogP contribution < -0.4 is 0 Å². The number of hydrogen-bond acceptors (Lipinski definition) is 1. The van der Waals surface area contributed by atoms with Crippen molar-refractivity contribution in [3.8, 4) is 0 Å². The molecular formula is C23H25NO2. The molecule has 2 N–H and O–H groups in total.